The first-order valence-corrected chi connectivity index (χ1v) is 4.38. The molecule has 15 heavy (non-hydrogen) atoms. The van der Waals surface area contributed by atoms with Crippen molar-refractivity contribution in [1.29, 1.82) is 0 Å². The molecular formula is C8H14FN5O. The van der Waals surface area contributed by atoms with E-state index in [-0.39, 0.29) is 18.3 Å². The second kappa shape index (κ2) is 4.37. The minimum atomic E-state index is -0.951. The van der Waals surface area contributed by atoms with Crippen molar-refractivity contribution in [1.82, 2.24) is 9.97 Å². The Morgan fingerprint density at radius 1 is 1.60 bits per heavy atom. The third-order valence-corrected chi connectivity index (χ3v) is 1.56. The van der Waals surface area contributed by atoms with Crippen LogP contribution >= 0.6 is 0 Å². The van der Waals surface area contributed by atoms with Crippen LogP contribution in [0.2, 0.25) is 0 Å². The van der Waals surface area contributed by atoms with Gasteiger partial charge in [0.2, 0.25) is 5.95 Å². The van der Waals surface area contributed by atoms with Gasteiger partial charge < -0.3 is 10.4 Å². The van der Waals surface area contributed by atoms with Crippen LogP contribution < -0.4 is 16.6 Å². The van der Waals surface area contributed by atoms with E-state index in [2.05, 4.69) is 20.7 Å². The molecule has 5 N–H and O–H groups in total. The number of nitrogen functional groups attached to an aromatic ring is 1. The Bertz CT molecular complexity index is 338. The van der Waals surface area contributed by atoms with E-state index in [0.717, 1.165) is 6.20 Å². The maximum atomic E-state index is 13.1. The number of halogens is 1. The van der Waals surface area contributed by atoms with Crippen LogP contribution in [-0.4, -0.2) is 27.2 Å². The number of rotatable bonds is 4. The number of hydrogen-bond donors (Lipinski definition) is 4. The zero-order valence-electron chi connectivity index (χ0n) is 8.58. The first-order chi connectivity index (χ1) is 6.92. The molecule has 0 atom stereocenters. The van der Waals surface area contributed by atoms with Gasteiger partial charge in [-0.05, 0) is 13.8 Å². The fraction of sp³-hybridized carbons (Fsp3) is 0.500. The lowest BCUT2D eigenvalue weighted by molar-refractivity contribution is 0.0943. The summed E-state index contributed by atoms with van der Waals surface area (Å²) in [6.07, 6.45) is 0.995. The molecule has 0 saturated heterocycles. The van der Waals surface area contributed by atoms with Crippen LogP contribution in [0.5, 0.6) is 0 Å². The summed E-state index contributed by atoms with van der Waals surface area (Å²) >= 11 is 0. The van der Waals surface area contributed by atoms with Crippen molar-refractivity contribution in [2.75, 3.05) is 17.3 Å². The molecule has 0 saturated carbocycles. The summed E-state index contributed by atoms with van der Waals surface area (Å²) in [7, 11) is 0. The van der Waals surface area contributed by atoms with Crippen LogP contribution in [0.1, 0.15) is 13.8 Å². The summed E-state index contributed by atoms with van der Waals surface area (Å²) < 4.78 is 13.1. The highest BCUT2D eigenvalue weighted by Gasteiger charge is 2.14. The zero-order valence-corrected chi connectivity index (χ0v) is 8.58. The summed E-state index contributed by atoms with van der Waals surface area (Å²) in [5.74, 6) is 4.58. The Labute approximate surface area is 86.7 Å². The molecule has 0 aliphatic heterocycles. The number of hydrogen-bond acceptors (Lipinski definition) is 6. The summed E-state index contributed by atoms with van der Waals surface area (Å²) in [4.78, 5) is 7.33. The highest BCUT2D eigenvalue weighted by atomic mass is 19.1. The van der Waals surface area contributed by atoms with Gasteiger partial charge in [-0.15, -0.1) is 0 Å². The zero-order chi connectivity index (χ0) is 11.5. The number of nitrogens with one attached hydrogen (secondary N) is 2. The topological polar surface area (TPSA) is 96.1 Å². The van der Waals surface area contributed by atoms with Gasteiger partial charge in [0.05, 0.1) is 11.8 Å². The highest BCUT2D eigenvalue weighted by Crippen LogP contribution is 2.12. The molecule has 1 aromatic heterocycles. The van der Waals surface area contributed by atoms with Crippen LogP contribution in [0.15, 0.2) is 6.20 Å². The van der Waals surface area contributed by atoms with Gasteiger partial charge in [0.1, 0.15) is 0 Å². The average molecular weight is 215 g/mol. The van der Waals surface area contributed by atoms with E-state index in [0.29, 0.717) is 0 Å². The van der Waals surface area contributed by atoms with Crippen molar-refractivity contribution in [3.05, 3.63) is 12.0 Å². The van der Waals surface area contributed by atoms with Crippen LogP contribution in [0, 0.1) is 5.82 Å². The minimum absolute atomic E-state index is 0.0000694. The largest absolute Gasteiger partial charge is 0.389 e. The second-order valence-electron chi connectivity index (χ2n) is 3.70. The molecule has 6 nitrogen and oxygen atoms in total. The van der Waals surface area contributed by atoms with Gasteiger partial charge in [-0.2, -0.15) is 4.98 Å². The molecule has 0 spiro atoms. The molecule has 7 heteroatoms. The Morgan fingerprint density at radius 3 is 2.80 bits per heavy atom. The molecule has 0 unspecified atom stereocenters. The first-order valence-electron chi connectivity index (χ1n) is 4.38. The van der Waals surface area contributed by atoms with Gasteiger partial charge in [-0.25, -0.2) is 15.2 Å². The molecule has 1 heterocycles. The monoisotopic (exact) mass is 215 g/mol. The van der Waals surface area contributed by atoms with Crippen molar-refractivity contribution in [3.8, 4) is 0 Å². The van der Waals surface area contributed by atoms with E-state index < -0.39 is 11.4 Å². The molecule has 0 radical (unpaired) electrons. The molecule has 0 bridgehead atoms. The lowest BCUT2D eigenvalue weighted by Gasteiger charge is -2.18. The molecule has 0 aliphatic carbocycles. The molecule has 0 aliphatic rings. The van der Waals surface area contributed by atoms with Gasteiger partial charge in [0, 0.05) is 6.54 Å². The van der Waals surface area contributed by atoms with Crippen molar-refractivity contribution in [3.63, 3.8) is 0 Å². The van der Waals surface area contributed by atoms with Crippen LogP contribution in [-0.2, 0) is 0 Å². The minimum Gasteiger partial charge on any atom is -0.389 e. The first kappa shape index (κ1) is 11.6. The van der Waals surface area contributed by atoms with Gasteiger partial charge in [-0.3, -0.25) is 5.43 Å². The number of anilines is 2. The van der Waals surface area contributed by atoms with Crippen molar-refractivity contribution < 1.29 is 9.50 Å². The van der Waals surface area contributed by atoms with Crippen LogP contribution in [0.4, 0.5) is 16.2 Å². The molecule has 0 aromatic carbocycles. The van der Waals surface area contributed by atoms with E-state index in [1.54, 1.807) is 13.8 Å². The molecule has 0 fully saturated rings. The van der Waals surface area contributed by atoms with Gasteiger partial charge >= 0.3 is 0 Å². The Morgan fingerprint density at radius 2 is 2.27 bits per heavy atom. The third-order valence-electron chi connectivity index (χ3n) is 1.56. The SMILES string of the molecule is CC(C)(O)CNc1nc(NN)ncc1F. The predicted molar refractivity (Wildman–Crippen MR) is 54.6 cm³/mol. The third kappa shape index (κ3) is 3.64. The van der Waals surface area contributed by atoms with E-state index in [4.69, 9.17) is 5.84 Å². The van der Waals surface area contributed by atoms with E-state index >= 15 is 0 Å². The fourth-order valence-corrected chi connectivity index (χ4v) is 0.861. The van der Waals surface area contributed by atoms with Crippen molar-refractivity contribution in [2.24, 2.45) is 5.84 Å². The molecular weight excluding hydrogens is 201 g/mol. The Kier molecular flexibility index (Phi) is 3.38. The van der Waals surface area contributed by atoms with Gasteiger partial charge in [0.15, 0.2) is 11.6 Å². The standard InChI is InChI=1S/C8H14FN5O/c1-8(2,15)4-12-6-5(9)3-11-7(13-6)14-10/h3,15H,4,10H2,1-2H3,(H2,11,12,13,14). The number of aromatic nitrogens is 2. The molecule has 0 amide bonds. The van der Waals surface area contributed by atoms with Crippen LogP contribution in [0.25, 0.3) is 0 Å². The summed E-state index contributed by atoms with van der Waals surface area (Å²) in [6.45, 7) is 3.37. The number of nitrogens with two attached hydrogens (primary N) is 1. The lowest BCUT2D eigenvalue weighted by Crippen LogP contribution is -2.30. The maximum absolute atomic E-state index is 13.1. The number of aliphatic hydroxyl groups is 1. The summed E-state index contributed by atoms with van der Waals surface area (Å²) in [5, 5.41) is 12.1. The number of nitrogens with zero attached hydrogens (tertiary/aromatic N) is 2. The maximum Gasteiger partial charge on any atom is 0.239 e. The van der Waals surface area contributed by atoms with Gasteiger partial charge in [-0.1, -0.05) is 0 Å². The molecule has 1 aromatic rings. The lowest BCUT2D eigenvalue weighted by atomic mass is 10.1. The predicted octanol–water partition coefficient (Wildman–Crippen LogP) is 0.0841. The quantitative estimate of drug-likeness (QED) is 0.420. The van der Waals surface area contributed by atoms with E-state index in [1.165, 1.54) is 0 Å². The van der Waals surface area contributed by atoms with Crippen molar-refractivity contribution >= 4 is 11.8 Å². The number of hydrazine groups is 1. The normalized spacial score (nSPS) is 11.3. The average Bonchev–Trinajstić information content (AvgIpc) is 2.15. The summed E-state index contributed by atoms with van der Waals surface area (Å²) in [6, 6.07) is 0. The Hall–Kier alpha value is -1.47. The van der Waals surface area contributed by atoms with Gasteiger partial charge in [0.25, 0.3) is 0 Å². The van der Waals surface area contributed by atoms with E-state index in [9.17, 15) is 9.50 Å². The summed E-state index contributed by atoms with van der Waals surface area (Å²) in [5.41, 5.74) is 1.25. The molecule has 84 valence electrons. The van der Waals surface area contributed by atoms with Crippen molar-refractivity contribution in [2.45, 2.75) is 19.4 Å². The Balaban J connectivity index is 2.75. The molecule has 1 rings (SSSR count). The van der Waals surface area contributed by atoms with E-state index in [1.807, 2.05) is 0 Å². The highest BCUT2D eigenvalue weighted by molar-refractivity contribution is 5.40. The smallest absolute Gasteiger partial charge is 0.239 e. The van der Waals surface area contributed by atoms with Crippen LogP contribution in [0.3, 0.4) is 0 Å². The fourth-order valence-electron chi connectivity index (χ4n) is 0.861. The second-order valence-corrected chi connectivity index (χ2v) is 3.70.